The molecular formula is C16H17FN2O2. The standard InChI is InChI=1S/C16H17FN2O2/c1-11-14(17)6-3-7-15(11)19-16(20)8-9-21-13-5-2-4-12(18)10-13/h2-7,10H,8-9,18H2,1H3,(H,19,20). The van der Waals surface area contributed by atoms with Crippen molar-refractivity contribution in [1.82, 2.24) is 0 Å². The van der Waals surface area contributed by atoms with Crippen molar-refractivity contribution in [1.29, 1.82) is 0 Å². The van der Waals surface area contributed by atoms with E-state index in [9.17, 15) is 9.18 Å². The molecule has 110 valence electrons. The molecule has 4 nitrogen and oxygen atoms in total. The second-order valence-corrected chi connectivity index (χ2v) is 4.63. The molecule has 0 heterocycles. The lowest BCUT2D eigenvalue weighted by molar-refractivity contribution is -0.116. The van der Waals surface area contributed by atoms with Gasteiger partial charge in [0.25, 0.3) is 0 Å². The van der Waals surface area contributed by atoms with E-state index in [1.54, 1.807) is 43.3 Å². The van der Waals surface area contributed by atoms with E-state index < -0.39 is 0 Å². The van der Waals surface area contributed by atoms with E-state index in [2.05, 4.69) is 5.32 Å². The molecule has 3 N–H and O–H groups in total. The molecule has 0 aliphatic carbocycles. The Hall–Kier alpha value is -2.56. The molecule has 0 aromatic heterocycles. The summed E-state index contributed by atoms with van der Waals surface area (Å²) in [6.45, 7) is 1.85. The van der Waals surface area contributed by atoms with Gasteiger partial charge in [0.15, 0.2) is 0 Å². The summed E-state index contributed by atoms with van der Waals surface area (Å²) in [4.78, 5) is 11.8. The highest BCUT2D eigenvalue weighted by molar-refractivity contribution is 5.91. The van der Waals surface area contributed by atoms with Gasteiger partial charge in [-0.1, -0.05) is 12.1 Å². The van der Waals surface area contributed by atoms with Crippen LogP contribution in [-0.4, -0.2) is 12.5 Å². The lowest BCUT2D eigenvalue weighted by Crippen LogP contribution is -2.16. The number of rotatable bonds is 5. The Balaban J connectivity index is 1.84. The van der Waals surface area contributed by atoms with Gasteiger partial charge in [-0.3, -0.25) is 4.79 Å². The van der Waals surface area contributed by atoms with Crippen LogP contribution in [0.4, 0.5) is 15.8 Å². The Kier molecular flexibility index (Phi) is 4.77. The fourth-order valence-corrected chi connectivity index (χ4v) is 1.82. The summed E-state index contributed by atoms with van der Waals surface area (Å²) in [7, 11) is 0. The van der Waals surface area contributed by atoms with Crippen molar-refractivity contribution in [2.75, 3.05) is 17.7 Å². The van der Waals surface area contributed by atoms with Crippen LogP contribution in [0.15, 0.2) is 42.5 Å². The number of anilines is 2. The number of halogens is 1. The van der Waals surface area contributed by atoms with Crippen LogP contribution in [-0.2, 0) is 4.79 Å². The first kappa shape index (κ1) is 14.8. The molecule has 2 aromatic carbocycles. The number of amides is 1. The molecule has 5 heteroatoms. The summed E-state index contributed by atoms with van der Waals surface area (Å²) in [5, 5.41) is 2.67. The summed E-state index contributed by atoms with van der Waals surface area (Å²) in [5.74, 6) is 0.0427. The van der Waals surface area contributed by atoms with Crippen LogP contribution in [0, 0.1) is 12.7 Å². The zero-order chi connectivity index (χ0) is 15.2. The number of hydrogen-bond acceptors (Lipinski definition) is 3. The van der Waals surface area contributed by atoms with Crippen LogP contribution < -0.4 is 15.8 Å². The summed E-state index contributed by atoms with van der Waals surface area (Å²) in [5.41, 5.74) is 7.13. The fraction of sp³-hybridized carbons (Fsp3) is 0.188. The van der Waals surface area contributed by atoms with E-state index in [1.807, 2.05) is 0 Å². The predicted octanol–water partition coefficient (Wildman–Crippen LogP) is 3.12. The van der Waals surface area contributed by atoms with E-state index >= 15 is 0 Å². The third-order valence-electron chi connectivity index (χ3n) is 3.00. The normalized spacial score (nSPS) is 10.2. The highest BCUT2D eigenvalue weighted by Gasteiger charge is 2.07. The first-order valence-corrected chi connectivity index (χ1v) is 6.59. The van der Waals surface area contributed by atoms with Crippen molar-refractivity contribution in [3.8, 4) is 5.75 Å². The molecule has 0 saturated carbocycles. The van der Waals surface area contributed by atoms with Crippen molar-refractivity contribution >= 4 is 17.3 Å². The number of nitrogens with one attached hydrogen (secondary N) is 1. The van der Waals surface area contributed by atoms with Crippen molar-refractivity contribution < 1.29 is 13.9 Å². The van der Waals surface area contributed by atoms with Gasteiger partial charge in [0, 0.05) is 23.0 Å². The molecule has 2 aromatic rings. The Bertz CT molecular complexity index is 644. The third-order valence-corrected chi connectivity index (χ3v) is 3.00. The van der Waals surface area contributed by atoms with Crippen LogP contribution >= 0.6 is 0 Å². The Morgan fingerprint density at radius 3 is 2.81 bits per heavy atom. The van der Waals surface area contributed by atoms with Crippen molar-refractivity contribution in [2.24, 2.45) is 0 Å². The van der Waals surface area contributed by atoms with Gasteiger partial charge in [0.2, 0.25) is 5.91 Å². The Morgan fingerprint density at radius 2 is 2.05 bits per heavy atom. The Morgan fingerprint density at radius 1 is 1.29 bits per heavy atom. The van der Waals surface area contributed by atoms with Gasteiger partial charge in [-0.05, 0) is 31.2 Å². The van der Waals surface area contributed by atoms with Crippen molar-refractivity contribution in [3.63, 3.8) is 0 Å². The van der Waals surface area contributed by atoms with E-state index in [4.69, 9.17) is 10.5 Å². The largest absolute Gasteiger partial charge is 0.493 e. The average molecular weight is 288 g/mol. The molecule has 0 spiro atoms. The second kappa shape index (κ2) is 6.74. The molecule has 0 radical (unpaired) electrons. The quantitative estimate of drug-likeness (QED) is 0.831. The SMILES string of the molecule is Cc1c(F)cccc1NC(=O)CCOc1cccc(N)c1. The number of nitrogens with two attached hydrogens (primary N) is 1. The summed E-state index contributed by atoms with van der Waals surface area (Å²) >= 11 is 0. The smallest absolute Gasteiger partial charge is 0.227 e. The van der Waals surface area contributed by atoms with Crippen molar-refractivity contribution in [3.05, 3.63) is 53.8 Å². The maximum atomic E-state index is 13.4. The van der Waals surface area contributed by atoms with Crippen LogP contribution in [0.25, 0.3) is 0 Å². The Labute approximate surface area is 122 Å². The third kappa shape index (κ3) is 4.21. The lowest BCUT2D eigenvalue weighted by Gasteiger charge is -2.10. The van der Waals surface area contributed by atoms with Gasteiger partial charge in [-0.2, -0.15) is 0 Å². The number of benzene rings is 2. The topological polar surface area (TPSA) is 64.3 Å². The van der Waals surface area contributed by atoms with E-state index in [0.717, 1.165) is 0 Å². The minimum atomic E-state index is -0.344. The molecule has 0 aliphatic heterocycles. The van der Waals surface area contributed by atoms with Gasteiger partial charge in [0.05, 0.1) is 13.0 Å². The van der Waals surface area contributed by atoms with Crippen molar-refractivity contribution in [2.45, 2.75) is 13.3 Å². The second-order valence-electron chi connectivity index (χ2n) is 4.63. The van der Waals surface area contributed by atoms with E-state index in [1.165, 1.54) is 6.07 Å². The molecule has 0 bridgehead atoms. The zero-order valence-corrected chi connectivity index (χ0v) is 11.7. The van der Waals surface area contributed by atoms with Gasteiger partial charge in [0.1, 0.15) is 11.6 Å². The van der Waals surface area contributed by atoms with Crippen LogP contribution in [0.2, 0.25) is 0 Å². The van der Waals surface area contributed by atoms with Gasteiger partial charge in [-0.15, -0.1) is 0 Å². The maximum absolute atomic E-state index is 13.4. The first-order valence-electron chi connectivity index (χ1n) is 6.59. The van der Waals surface area contributed by atoms with E-state index in [0.29, 0.717) is 22.7 Å². The first-order chi connectivity index (χ1) is 10.1. The van der Waals surface area contributed by atoms with Gasteiger partial charge < -0.3 is 15.8 Å². The summed E-state index contributed by atoms with van der Waals surface area (Å²) in [6.07, 6.45) is 0.171. The summed E-state index contributed by atoms with van der Waals surface area (Å²) < 4.78 is 18.8. The minimum Gasteiger partial charge on any atom is -0.493 e. The lowest BCUT2D eigenvalue weighted by atomic mass is 10.2. The van der Waals surface area contributed by atoms with Crippen LogP contribution in [0.3, 0.4) is 0 Å². The molecule has 1 amide bonds. The number of nitrogen functional groups attached to an aromatic ring is 1. The van der Waals surface area contributed by atoms with Crippen LogP contribution in [0.1, 0.15) is 12.0 Å². The maximum Gasteiger partial charge on any atom is 0.227 e. The minimum absolute atomic E-state index is 0.171. The highest BCUT2D eigenvalue weighted by atomic mass is 19.1. The zero-order valence-electron chi connectivity index (χ0n) is 11.7. The van der Waals surface area contributed by atoms with E-state index in [-0.39, 0.29) is 24.8 Å². The molecule has 0 atom stereocenters. The molecular weight excluding hydrogens is 271 g/mol. The summed E-state index contributed by atoms with van der Waals surface area (Å²) in [6, 6.07) is 11.6. The fourth-order valence-electron chi connectivity index (χ4n) is 1.82. The molecule has 21 heavy (non-hydrogen) atoms. The molecule has 0 fully saturated rings. The number of hydrogen-bond donors (Lipinski definition) is 2. The molecule has 0 aliphatic rings. The number of ether oxygens (including phenoxy) is 1. The highest BCUT2D eigenvalue weighted by Crippen LogP contribution is 2.18. The molecule has 2 rings (SSSR count). The molecule has 0 unspecified atom stereocenters. The van der Waals surface area contributed by atoms with Gasteiger partial charge in [-0.25, -0.2) is 4.39 Å². The monoisotopic (exact) mass is 288 g/mol. The number of carbonyl (C=O) groups is 1. The number of carbonyl (C=O) groups excluding carboxylic acids is 1. The average Bonchev–Trinajstić information content (AvgIpc) is 2.44. The molecule has 0 saturated heterocycles. The van der Waals surface area contributed by atoms with Gasteiger partial charge >= 0.3 is 0 Å². The van der Waals surface area contributed by atoms with Crippen LogP contribution in [0.5, 0.6) is 5.75 Å². The predicted molar refractivity (Wildman–Crippen MR) is 80.7 cm³/mol.